The summed E-state index contributed by atoms with van der Waals surface area (Å²) in [5, 5.41) is 0. The summed E-state index contributed by atoms with van der Waals surface area (Å²) in [4.78, 5) is 38.4. The van der Waals surface area contributed by atoms with Crippen molar-refractivity contribution in [1.82, 2.24) is 0 Å². The largest absolute Gasteiger partial charge is 0.462 e. The molecule has 0 saturated carbocycles. The number of rotatable bonds is 65. The van der Waals surface area contributed by atoms with Gasteiger partial charge in [-0.25, -0.2) is 0 Å². The molecule has 0 fully saturated rings. The maximum atomic E-state index is 13.0. The van der Waals surface area contributed by atoms with E-state index in [1.165, 1.54) is 212 Å². The maximum Gasteiger partial charge on any atom is 0.306 e. The molecule has 0 heterocycles. The maximum absolute atomic E-state index is 13.0. The number of unbranched alkanes of at least 4 members (excludes halogenated alkanes) is 38. The average molecular weight is 1160 g/mol. The van der Waals surface area contributed by atoms with Crippen LogP contribution >= 0.6 is 0 Å². The second-order valence-electron chi connectivity index (χ2n) is 23.8. The fourth-order valence-electron chi connectivity index (χ4n) is 10.2. The third-order valence-electron chi connectivity index (χ3n) is 15.6. The van der Waals surface area contributed by atoms with Crippen molar-refractivity contribution in [3.05, 3.63) is 97.2 Å². The predicted molar refractivity (Wildman–Crippen MR) is 362 cm³/mol. The van der Waals surface area contributed by atoms with Crippen molar-refractivity contribution < 1.29 is 28.6 Å². The molecule has 0 rings (SSSR count). The summed E-state index contributed by atoms with van der Waals surface area (Å²) in [6.07, 6.45) is 95.8. The molecule has 1 atom stereocenters. The summed E-state index contributed by atoms with van der Waals surface area (Å²) >= 11 is 0. The number of carbonyl (C=O) groups excluding carboxylic acids is 3. The summed E-state index contributed by atoms with van der Waals surface area (Å²) in [7, 11) is 0. The molecule has 0 aliphatic carbocycles. The Morgan fingerprint density at radius 2 is 0.470 bits per heavy atom. The second-order valence-corrected chi connectivity index (χ2v) is 23.8. The van der Waals surface area contributed by atoms with Crippen LogP contribution in [0.4, 0.5) is 0 Å². The lowest BCUT2D eigenvalue weighted by Gasteiger charge is -2.18. The van der Waals surface area contributed by atoms with Gasteiger partial charge in [-0.15, -0.1) is 0 Å². The van der Waals surface area contributed by atoms with Gasteiger partial charge >= 0.3 is 17.9 Å². The Hall–Kier alpha value is -3.67. The van der Waals surface area contributed by atoms with Crippen molar-refractivity contribution in [2.45, 2.75) is 361 Å². The SMILES string of the molecule is CC/C=C\C/C=C\C/C=C\C/C=C\C/C=C\CCCCCCCCCCCCCCCC(=O)OCC(COC(=O)CCCCCCCCCCCCC)OC(=O)CCCCCCCCCCCC/C=C\C/C=C\C/C=C\CCCCCCC. The van der Waals surface area contributed by atoms with Crippen molar-refractivity contribution in [1.29, 1.82) is 0 Å². The monoisotopic (exact) mass is 1160 g/mol. The molecule has 0 radical (unpaired) electrons. The highest BCUT2D eigenvalue weighted by atomic mass is 16.6. The van der Waals surface area contributed by atoms with Crippen LogP contribution in [0.5, 0.6) is 0 Å². The first kappa shape index (κ1) is 79.3. The van der Waals surface area contributed by atoms with Gasteiger partial charge in [-0.1, -0.05) is 330 Å². The highest BCUT2D eigenvalue weighted by Crippen LogP contribution is 2.17. The van der Waals surface area contributed by atoms with Gasteiger partial charge in [0.2, 0.25) is 0 Å². The number of ether oxygens (including phenoxy) is 3. The Bertz CT molecular complexity index is 1610. The zero-order valence-corrected chi connectivity index (χ0v) is 54.9. The number of hydrogen-bond donors (Lipinski definition) is 0. The van der Waals surface area contributed by atoms with Gasteiger partial charge in [-0.3, -0.25) is 14.4 Å². The zero-order valence-electron chi connectivity index (χ0n) is 54.9. The van der Waals surface area contributed by atoms with E-state index in [0.717, 1.165) is 103 Å². The van der Waals surface area contributed by atoms with E-state index in [-0.39, 0.29) is 31.1 Å². The van der Waals surface area contributed by atoms with Gasteiger partial charge in [-0.2, -0.15) is 0 Å². The molecular weight excluding hydrogens is 1020 g/mol. The summed E-state index contributed by atoms with van der Waals surface area (Å²) in [6.45, 7) is 6.55. The molecule has 0 saturated heterocycles. The van der Waals surface area contributed by atoms with E-state index in [1.54, 1.807) is 0 Å². The first-order valence-electron chi connectivity index (χ1n) is 35.7. The molecule has 6 nitrogen and oxygen atoms in total. The molecule has 0 bridgehead atoms. The van der Waals surface area contributed by atoms with E-state index in [4.69, 9.17) is 14.2 Å². The Balaban J connectivity index is 4.22. The Morgan fingerprint density at radius 1 is 0.253 bits per heavy atom. The molecule has 0 aromatic heterocycles. The third-order valence-corrected chi connectivity index (χ3v) is 15.6. The fourth-order valence-corrected chi connectivity index (χ4v) is 10.2. The van der Waals surface area contributed by atoms with Crippen LogP contribution in [0, 0.1) is 0 Å². The van der Waals surface area contributed by atoms with Crippen LogP contribution in [0.1, 0.15) is 355 Å². The number of esters is 3. The van der Waals surface area contributed by atoms with Crippen molar-refractivity contribution in [2.24, 2.45) is 0 Å². The summed E-state index contributed by atoms with van der Waals surface area (Å²) in [5.74, 6) is -0.864. The minimum absolute atomic E-state index is 0.0751. The van der Waals surface area contributed by atoms with Crippen molar-refractivity contribution in [2.75, 3.05) is 13.2 Å². The van der Waals surface area contributed by atoms with Gasteiger partial charge in [0.05, 0.1) is 0 Å². The average Bonchev–Trinajstić information content (AvgIpc) is 3.48. The van der Waals surface area contributed by atoms with E-state index in [9.17, 15) is 14.4 Å². The van der Waals surface area contributed by atoms with Gasteiger partial charge in [0.25, 0.3) is 0 Å². The summed E-state index contributed by atoms with van der Waals surface area (Å²) in [5.41, 5.74) is 0. The smallest absolute Gasteiger partial charge is 0.306 e. The van der Waals surface area contributed by atoms with Crippen LogP contribution in [0.15, 0.2) is 97.2 Å². The molecule has 6 heteroatoms. The second kappa shape index (κ2) is 70.8. The number of allylic oxidation sites excluding steroid dienone is 16. The normalized spacial score (nSPS) is 12.7. The molecule has 0 aliphatic rings. The zero-order chi connectivity index (χ0) is 59.9. The van der Waals surface area contributed by atoms with Gasteiger partial charge in [0.15, 0.2) is 6.10 Å². The number of hydrogen-bond acceptors (Lipinski definition) is 6. The number of carbonyl (C=O) groups is 3. The summed E-state index contributed by atoms with van der Waals surface area (Å²) < 4.78 is 17.0. The van der Waals surface area contributed by atoms with Crippen molar-refractivity contribution in [3.8, 4) is 0 Å². The van der Waals surface area contributed by atoms with E-state index in [1.807, 2.05) is 0 Å². The Morgan fingerprint density at radius 3 is 0.735 bits per heavy atom. The van der Waals surface area contributed by atoms with Crippen LogP contribution < -0.4 is 0 Å². The minimum atomic E-state index is -0.779. The predicted octanol–water partition coefficient (Wildman–Crippen LogP) is 24.8. The fraction of sp³-hybridized carbons (Fsp3) is 0.753. The molecule has 0 aromatic carbocycles. The lowest BCUT2D eigenvalue weighted by atomic mass is 10.0. The van der Waals surface area contributed by atoms with Gasteiger partial charge in [0, 0.05) is 19.3 Å². The van der Waals surface area contributed by atoms with E-state index < -0.39 is 6.10 Å². The quantitative estimate of drug-likeness (QED) is 0.0261. The first-order valence-corrected chi connectivity index (χ1v) is 35.7. The Kier molecular flexibility index (Phi) is 67.7. The van der Waals surface area contributed by atoms with Gasteiger partial charge in [-0.05, 0) is 103 Å². The van der Waals surface area contributed by atoms with E-state index >= 15 is 0 Å². The molecule has 478 valence electrons. The van der Waals surface area contributed by atoms with Gasteiger partial charge < -0.3 is 14.2 Å². The lowest BCUT2D eigenvalue weighted by molar-refractivity contribution is -0.167. The first-order chi connectivity index (χ1) is 41.0. The van der Waals surface area contributed by atoms with Gasteiger partial charge in [0.1, 0.15) is 13.2 Å². The van der Waals surface area contributed by atoms with Crippen LogP contribution in [-0.2, 0) is 28.6 Å². The van der Waals surface area contributed by atoms with Crippen molar-refractivity contribution >= 4 is 17.9 Å². The molecule has 0 aromatic rings. The highest BCUT2D eigenvalue weighted by Gasteiger charge is 2.19. The molecule has 0 N–H and O–H groups in total. The Labute approximate surface area is 515 Å². The summed E-state index contributed by atoms with van der Waals surface area (Å²) in [6, 6.07) is 0. The molecular formula is C77H134O6. The molecule has 1 unspecified atom stereocenters. The van der Waals surface area contributed by atoms with E-state index in [2.05, 4.69) is 118 Å². The van der Waals surface area contributed by atoms with Crippen LogP contribution in [0.25, 0.3) is 0 Å². The van der Waals surface area contributed by atoms with E-state index in [0.29, 0.717) is 19.3 Å². The molecule has 83 heavy (non-hydrogen) atoms. The highest BCUT2D eigenvalue weighted by molar-refractivity contribution is 5.71. The molecule has 0 spiro atoms. The molecule has 0 aliphatic heterocycles. The van der Waals surface area contributed by atoms with Crippen molar-refractivity contribution in [3.63, 3.8) is 0 Å². The standard InChI is InChI=1S/C77H134O6/c1-4-7-10-13-16-19-22-24-26-28-30-32-34-36-37-38-39-41-42-44-46-48-50-52-55-58-61-64-67-70-76(79)82-73-74(72-81-75(78)69-66-63-60-57-54-21-18-15-12-9-6-3)83-77(80)71-68-65-62-59-56-53-51-49-47-45-43-40-35-33-31-29-27-25-23-20-17-14-11-8-5-2/h7,10,16,19,23-26,29-32,35-37,40,74H,4-6,8-9,11-15,17-18,20-22,27-28,33-34,38-39,41-73H2,1-3H3/b10-7-,19-16-,25-23-,26-24-,31-29-,32-30-,37-36-,40-35-. The van der Waals surface area contributed by atoms with Crippen LogP contribution in [0.2, 0.25) is 0 Å². The van der Waals surface area contributed by atoms with Crippen LogP contribution in [0.3, 0.4) is 0 Å². The third kappa shape index (κ3) is 69.0. The minimum Gasteiger partial charge on any atom is -0.462 e. The lowest BCUT2D eigenvalue weighted by Crippen LogP contribution is -2.30. The molecule has 0 amide bonds. The topological polar surface area (TPSA) is 78.9 Å². The van der Waals surface area contributed by atoms with Crippen LogP contribution in [-0.4, -0.2) is 37.2 Å².